The summed E-state index contributed by atoms with van der Waals surface area (Å²) in [6.45, 7) is 2.72. The predicted octanol–water partition coefficient (Wildman–Crippen LogP) is 7.28. The second kappa shape index (κ2) is 17.3. The average Bonchev–Trinajstić information content (AvgIpc) is 2.70. The number of esters is 1. The highest BCUT2D eigenvalue weighted by Crippen LogP contribution is 2.09. The van der Waals surface area contributed by atoms with Crippen molar-refractivity contribution in [3.8, 4) is 0 Å². The van der Waals surface area contributed by atoms with Gasteiger partial charge in [-0.1, -0.05) is 100 Å². The molecule has 2 nitrogen and oxygen atoms in total. The molecule has 1 aromatic carbocycles. The van der Waals surface area contributed by atoms with Gasteiger partial charge < -0.3 is 4.74 Å². The van der Waals surface area contributed by atoms with E-state index in [0.29, 0.717) is 6.61 Å². The van der Waals surface area contributed by atoms with Crippen LogP contribution in [0.15, 0.2) is 60.7 Å². The molecule has 2 heteroatoms. The number of allylic oxidation sites excluding steroid dienone is 4. The molecule has 0 aliphatic carbocycles. The zero-order valence-corrected chi connectivity index (χ0v) is 16.9. The Morgan fingerprint density at radius 3 is 2.19 bits per heavy atom. The van der Waals surface area contributed by atoms with Gasteiger partial charge in [0.2, 0.25) is 0 Å². The third kappa shape index (κ3) is 14.7. The maximum Gasteiger partial charge on any atom is 0.330 e. The third-order valence-electron chi connectivity index (χ3n) is 4.31. The first-order valence-corrected chi connectivity index (χ1v) is 10.5. The molecular weight excluding hydrogens is 332 g/mol. The number of unbranched alkanes of at least 4 members (excludes halogenated alkanes) is 8. The van der Waals surface area contributed by atoms with Crippen molar-refractivity contribution in [2.45, 2.75) is 71.1 Å². The van der Waals surface area contributed by atoms with Crippen LogP contribution in [-0.2, 0) is 9.53 Å². The van der Waals surface area contributed by atoms with Crippen LogP contribution in [0.2, 0.25) is 0 Å². The minimum absolute atomic E-state index is 0.253. The van der Waals surface area contributed by atoms with Crippen molar-refractivity contribution in [2.75, 3.05) is 6.61 Å². The summed E-state index contributed by atoms with van der Waals surface area (Å²) in [5.74, 6) is -0.253. The number of hydrogen-bond acceptors (Lipinski definition) is 2. The molecule has 1 rings (SSSR count). The molecule has 0 saturated heterocycles. The van der Waals surface area contributed by atoms with Gasteiger partial charge in [-0.3, -0.25) is 0 Å². The summed E-state index contributed by atoms with van der Waals surface area (Å²) in [5, 5.41) is 0. The number of rotatable bonds is 15. The fraction of sp³-hybridized carbons (Fsp3) is 0.480. The summed E-state index contributed by atoms with van der Waals surface area (Å²) >= 11 is 0. The van der Waals surface area contributed by atoms with Crippen LogP contribution in [0.5, 0.6) is 0 Å². The lowest BCUT2D eigenvalue weighted by molar-refractivity contribution is -0.137. The van der Waals surface area contributed by atoms with Crippen molar-refractivity contribution in [1.82, 2.24) is 0 Å². The van der Waals surface area contributed by atoms with Gasteiger partial charge in [0.25, 0.3) is 0 Å². The fourth-order valence-electron chi connectivity index (χ4n) is 2.71. The van der Waals surface area contributed by atoms with Gasteiger partial charge in [0.05, 0.1) is 6.61 Å². The Balaban J connectivity index is 1.87. The number of hydrogen-bond donors (Lipinski definition) is 0. The molecule has 1 aromatic rings. The molecule has 0 aromatic heterocycles. The van der Waals surface area contributed by atoms with Crippen LogP contribution in [-0.4, -0.2) is 12.6 Å². The number of carbonyl (C=O) groups excluding carboxylic acids is 1. The molecule has 0 atom stereocenters. The van der Waals surface area contributed by atoms with Gasteiger partial charge in [-0.25, -0.2) is 4.79 Å². The quantitative estimate of drug-likeness (QED) is 0.141. The number of carbonyl (C=O) groups is 1. The molecule has 27 heavy (non-hydrogen) atoms. The first kappa shape index (κ1) is 23.0. The van der Waals surface area contributed by atoms with E-state index in [1.807, 2.05) is 30.3 Å². The number of benzene rings is 1. The summed E-state index contributed by atoms with van der Waals surface area (Å²) in [5.41, 5.74) is 1.01. The Bertz CT molecular complexity index is 555. The second-order valence-electron chi connectivity index (χ2n) is 6.82. The molecule has 0 radical (unpaired) electrons. The largest absolute Gasteiger partial charge is 0.463 e. The van der Waals surface area contributed by atoms with E-state index in [9.17, 15) is 4.79 Å². The van der Waals surface area contributed by atoms with Gasteiger partial charge in [0.1, 0.15) is 0 Å². The summed E-state index contributed by atoms with van der Waals surface area (Å²) in [6.07, 6.45) is 24.2. The van der Waals surface area contributed by atoms with Crippen LogP contribution in [0, 0.1) is 0 Å². The molecule has 0 N–H and O–H groups in total. The predicted molar refractivity (Wildman–Crippen MR) is 117 cm³/mol. The average molecular weight is 369 g/mol. The van der Waals surface area contributed by atoms with Gasteiger partial charge in [0, 0.05) is 6.08 Å². The third-order valence-corrected chi connectivity index (χ3v) is 4.31. The lowest BCUT2D eigenvalue weighted by atomic mass is 10.1. The van der Waals surface area contributed by atoms with Crippen LogP contribution in [0.1, 0.15) is 76.7 Å². The first-order chi connectivity index (χ1) is 13.3. The van der Waals surface area contributed by atoms with E-state index in [4.69, 9.17) is 4.74 Å². The summed E-state index contributed by atoms with van der Waals surface area (Å²) < 4.78 is 5.23. The minimum Gasteiger partial charge on any atom is -0.463 e. The van der Waals surface area contributed by atoms with Crippen molar-refractivity contribution in [3.63, 3.8) is 0 Å². The van der Waals surface area contributed by atoms with Crippen LogP contribution < -0.4 is 0 Å². The van der Waals surface area contributed by atoms with Crippen molar-refractivity contribution in [3.05, 3.63) is 66.3 Å². The van der Waals surface area contributed by atoms with Crippen LogP contribution in [0.3, 0.4) is 0 Å². The normalized spacial score (nSPS) is 11.7. The van der Waals surface area contributed by atoms with Gasteiger partial charge in [0.15, 0.2) is 0 Å². The van der Waals surface area contributed by atoms with E-state index < -0.39 is 0 Å². The Kier molecular flexibility index (Phi) is 14.7. The molecular formula is C25H36O2. The molecule has 0 aliphatic rings. The SMILES string of the molecule is CCC/C=C\C=C\CCCCCCCCCOC(=O)/C=C/c1ccccc1. The Hall–Kier alpha value is -2.09. The van der Waals surface area contributed by atoms with Crippen LogP contribution in [0.25, 0.3) is 6.08 Å². The molecule has 0 saturated carbocycles. The zero-order valence-electron chi connectivity index (χ0n) is 16.9. The van der Waals surface area contributed by atoms with Gasteiger partial charge in [-0.15, -0.1) is 0 Å². The van der Waals surface area contributed by atoms with Crippen LogP contribution >= 0.6 is 0 Å². The second-order valence-corrected chi connectivity index (χ2v) is 6.82. The van der Waals surface area contributed by atoms with E-state index in [1.54, 1.807) is 6.08 Å². The van der Waals surface area contributed by atoms with E-state index in [0.717, 1.165) is 18.4 Å². The van der Waals surface area contributed by atoms with Crippen molar-refractivity contribution in [2.24, 2.45) is 0 Å². The van der Waals surface area contributed by atoms with E-state index in [-0.39, 0.29) is 5.97 Å². The van der Waals surface area contributed by atoms with Gasteiger partial charge in [-0.2, -0.15) is 0 Å². The molecule has 0 fully saturated rings. The molecule has 0 heterocycles. The van der Waals surface area contributed by atoms with Crippen molar-refractivity contribution >= 4 is 12.0 Å². The Morgan fingerprint density at radius 2 is 1.48 bits per heavy atom. The fourth-order valence-corrected chi connectivity index (χ4v) is 2.71. The lowest BCUT2D eigenvalue weighted by Crippen LogP contribution is -2.02. The topological polar surface area (TPSA) is 26.3 Å². The Labute approximate surface area is 166 Å². The van der Waals surface area contributed by atoms with Gasteiger partial charge >= 0.3 is 5.97 Å². The molecule has 0 unspecified atom stereocenters. The standard InChI is InChI=1S/C25H36O2/c1-2-3-4-5-6-7-8-9-10-11-12-13-14-18-23-27-25(26)22-21-24-19-16-15-17-20-24/h4-7,15-17,19-22H,2-3,8-14,18,23H2,1H3/b5-4-,7-6+,22-21+. The van der Waals surface area contributed by atoms with Crippen LogP contribution in [0.4, 0.5) is 0 Å². The van der Waals surface area contributed by atoms with Crippen molar-refractivity contribution in [1.29, 1.82) is 0 Å². The maximum absolute atomic E-state index is 11.6. The highest BCUT2D eigenvalue weighted by atomic mass is 16.5. The maximum atomic E-state index is 11.6. The van der Waals surface area contributed by atoms with E-state index in [2.05, 4.69) is 31.2 Å². The highest BCUT2D eigenvalue weighted by Gasteiger charge is 1.97. The summed E-state index contributed by atoms with van der Waals surface area (Å²) in [6, 6.07) is 9.79. The van der Waals surface area contributed by atoms with E-state index >= 15 is 0 Å². The molecule has 0 aliphatic heterocycles. The minimum atomic E-state index is -0.253. The smallest absolute Gasteiger partial charge is 0.330 e. The van der Waals surface area contributed by atoms with Crippen molar-refractivity contribution < 1.29 is 9.53 Å². The molecule has 0 bridgehead atoms. The Morgan fingerprint density at radius 1 is 0.852 bits per heavy atom. The molecule has 148 valence electrons. The molecule has 0 spiro atoms. The highest BCUT2D eigenvalue weighted by molar-refractivity contribution is 5.86. The summed E-state index contributed by atoms with van der Waals surface area (Å²) in [7, 11) is 0. The first-order valence-electron chi connectivity index (χ1n) is 10.5. The molecule has 0 amide bonds. The summed E-state index contributed by atoms with van der Waals surface area (Å²) in [4.78, 5) is 11.6. The lowest BCUT2D eigenvalue weighted by Gasteiger charge is -2.03. The number of ether oxygens (including phenoxy) is 1. The van der Waals surface area contributed by atoms with E-state index in [1.165, 1.54) is 57.4 Å². The van der Waals surface area contributed by atoms with Gasteiger partial charge in [-0.05, 0) is 37.3 Å². The zero-order chi connectivity index (χ0) is 19.4. The monoisotopic (exact) mass is 368 g/mol.